The molecule has 1 aromatic heterocycles. The highest BCUT2D eigenvalue weighted by Gasteiger charge is 1.96. The quantitative estimate of drug-likeness (QED) is 0.482. The first-order chi connectivity index (χ1) is 9.34. The van der Waals surface area contributed by atoms with Crippen molar-refractivity contribution >= 4 is 23.4 Å². The van der Waals surface area contributed by atoms with Gasteiger partial charge in [-0.15, -0.1) is 0 Å². The monoisotopic (exact) mass is 293 g/mol. The smallest absolute Gasteiger partial charge is 0.187 e. The van der Waals surface area contributed by atoms with E-state index in [-0.39, 0.29) is 0 Å². The zero-order valence-corrected chi connectivity index (χ0v) is 12.1. The lowest BCUT2D eigenvalue weighted by Crippen LogP contribution is -2.15. The average molecular weight is 294 g/mol. The molecule has 0 amide bonds. The number of nitrogens with zero attached hydrogens (tertiary/aromatic N) is 2. The lowest BCUT2D eigenvalue weighted by atomic mass is 10.2. The van der Waals surface area contributed by atoms with Gasteiger partial charge < -0.3 is 5.32 Å². The molecule has 0 aliphatic carbocycles. The second kappa shape index (κ2) is 8.15. The van der Waals surface area contributed by atoms with Crippen molar-refractivity contribution in [1.82, 2.24) is 15.3 Å². The molecule has 0 spiro atoms. The molecule has 100 valence electrons. The maximum atomic E-state index is 5.84. The van der Waals surface area contributed by atoms with Crippen LogP contribution < -0.4 is 5.32 Å². The molecule has 0 aliphatic heterocycles. The minimum Gasteiger partial charge on any atom is -0.313 e. The van der Waals surface area contributed by atoms with Crippen LogP contribution in [0.2, 0.25) is 5.02 Å². The molecule has 1 heterocycles. The predicted molar refractivity (Wildman–Crippen MR) is 80.5 cm³/mol. The second-order valence-electron chi connectivity index (χ2n) is 4.04. The van der Waals surface area contributed by atoms with Crippen LogP contribution in [0.4, 0.5) is 0 Å². The van der Waals surface area contributed by atoms with Crippen LogP contribution in [0.1, 0.15) is 12.0 Å². The Morgan fingerprint density at radius 3 is 2.58 bits per heavy atom. The van der Waals surface area contributed by atoms with E-state index in [1.807, 2.05) is 30.3 Å². The van der Waals surface area contributed by atoms with Crippen LogP contribution in [0.25, 0.3) is 0 Å². The second-order valence-corrected chi connectivity index (χ2v) is 5.54. The normalized spacial score (nSPS) is 10.6. The topological polar surface area (TPSA) is 37.8 Å². The molecule has 0 radical (unpaired) electrons. The molecule has 0 unspecified atom stereocenters. The summed E-state index contributed by atoms with van der Waals surface area (Å²) in [6, 6.07) is 9.75. The molecule has 3 nitrogen and oxygen atoms in total. The van der Waals surface area contributed by atoms with Crippen molar-refractivity contribution in [2.45, 2.75) is 18.1 Å². The van der Waals surface area contributed by atoms with Crippen LogP contribution in [0.3, 0.4) is 0 Å². The Bertz CT molecular complexity index is 476. The summed E-state index contributed by atoms with van der Waals surface area (Å²) in [6.07, 6.45) is 4.64. The fraction of sp³-hybridized carbons (Fsp3) is 0.286. The standard InChI is InChI=1S/C14H16ClN3S/c15-13-5-3-12(4-6-13)11-16-7-2-10-19-14-17-8-1-9-18-14/h1,3-6,8-9,16H,2,7,10-11H2. The maximum Gasteiger partial charge on any atom is 0.187 e. The van der Waals surface area contributed by atoms with Gasteiger partial charge in [-0.05, 0) is 36.7 Å². The van der Waals surface area contributed by atoms with E-state index in [1.165, 1.54) is 5.56 Å². The van der Waals surface area contributed by atoms with Crippen LogP contribution >= 0.6 is 23.4 Å². The molecule has 0 aliphatic rings. The Labute approximate surface area is 122 Å². The van der Waals surface area contributed by atoms with E-state index < -0.39 is 0 Å². The minimum atomic E-state index is 0.781. The van der Waals surface area contributed by atoms with Gasteiger partial charge in [-0.3, -0.25) is 0 Å². The van der Waals surface area contributed by atoms with Gasteiger partial charge in [0.1, 0.15) is 0 Å². The van der Waals surface area contributed by atoms with Gasteiger partial charge >= 0.3 is 0 Å². The number of halogens is 1. The number of benzene rings is 1. The molecule has 0 saturated heterocycles. The van der Waals surface area contributed by atoms with Gasteiger partial charge in [-0.1, -0.05) is 35.5 Å². The van der Waals surface area contributed by atoms with Crippen molar-refractivity contribution in [3.05, 3.63) is 53.3 Å². The van der Waals surface area contributed by atoms with E-state index >= 15 is 0 Å². The summed E-state index contributed by atoms with van der Waals surface area (Å²) in [6.45, 7) is 1.87. The first-order valence-corrected chi connectivity index (χ1v) is 7.56. The van der Waals surface area contributed by atoms with E-state index in [2.05, 4.69) is 15.3 Å². The number of hydrogen-bond donors (Lipinski definition) is 1. The highest BCUT2D eigenvalue weighted by molar-refractivity contribution is 7.99. The Morgan fingerprint density at radius 1 is 1.11 bits per heavy atom. The molecule has 5 heteroatoms. The van der Waals surface area contributed by atoms with Gasteiger partial charge in [0.25, 0.3) is 0 Å². The number of thioether (sulfide) groups is 1. The highest BCUT2D eigenvalue weighted by Crippen LogP contribution is 2.12. The summed E-state index contributed by atoms with van der Waals surface area (Å²) in [4.78, 5) is 8.34. The number of nitrogens with one attached hydrogen (secondary N) is 1. The first kappa shape index (κ1) is 14.3. The van der Waals surface area contributed by atoms with Crippen LogP contribution in [-0.4, -0.2) is 22.3 Å². The van der Waals surface area contributed by atoms with E-state index in [1.54, 1.807) is 24.2 Å². The third-order valence-corrected chi connectivity index (χ3v) is 3.73. The van der Waals surface area contributed by atoms with E-state index in [4.69, 9.17) is 11.6 Å². The summed E-state index contributed by atoms with van der Waals surface area (Å²) in [7, 11) is 0. The molecule has 0 saturated carbocycles. The predicted octanol–water partition coefficient (Wildman–Crippen LogP) is 3.40. The summed E-state index contributed by atoms with van der Waals surface area (Å²) in [5, 5.41) is 5.04. The van der Waals surface area contributed by atoms with Crippen molar-refractivity contribution < 1.29 is 0 Å². The van der Waals surface area contributed by atoms with Crippen molar-refractivity contribution in [2.24, 2.45) is 0 Å². The van der Waals surface area contributed by atoms with E-state index in [9.17, 15) is 0 Å². The highest BCUT2D eigenvalue weighted by atomic mass is 35.5. The lowest BCUT2D eigenvalue weighted by Gasteiger charge is -2.04. The molecule has 2 rings (SSSR count). The minimum absolute atomic E-state index is 0.781. The van der Waals surface area contributed by atoms with Gasteiger partial charge in [0.05, 0.1) is 0 Å². The van der Waals surface area contributed by atoms with Gasteiger partial charge in [0.2, 0.25) is 0 Å². The van der Waals surface area contributed by atoms with Crippen LogP contribution in [-0.2, 0) is 6.54 Å². The third kappa shape index (κ3) is 5.59. The van der Waals surface area contributed by atoms with Crippen molar-refractivity contribution in [2.75, 3.05) is 12.3 Å². The van der Waals surface area contributed by atoms with Gasteiger partial charge in [0, 0.05) is 29.7 Å². The van der Waals surface area contributed by atoms with E-state index in [0.29, 0.717) is 0 Å². The third-order valence-electron chi connectivity index (χ3n) is 2.51. The first-order valence-electron chi connectivity index (χ1n) is 6.19. The van der Waals surface area contributed by atoms with Crippen LogP contribution in [0, 0.1) is 0 Å². The zero-order chi connectivity index (χ0) is 13.3. The molecule has 1 N–H and O–H groups in total. The summed E-state index contributed by atoms with van der Waals surface area (Å²) >= 11 is 7.53. The number of rotatable bonds is 7. The molecular formula is C14H16ClN3S. The average Bonchev–Trinajstić information content (AvgIpc) is 2.46. The number of aromatic nitrogens is 2. The molecule has 1 aromatic carbocycles. The summed E-state index contributed by atoms with van der Waals surface area (Å²) < 4.78 is 0. The fourth-order valence-electron chi connectivity index (χ4n) is 1.56. The van der Waals surface area contributed by atoms with Gasteiger partial charge in [0.15, 0.2) is 5.16 Å². The Kier molecular flexibility index (Phi) is 6.14. The van der Waals surface area contributed by atoms with Gasteiger partial charge in [-0.25, -0.2) is 9.97 Å². The van der Waals surface area contributed by atoms with Crippen LogP contribution in [0.5, 0.6) is 0 Å². The molecule has 2 aromatic rings. The zero-order valence-electron chi connectivity index (χ0n) is 10.6. The number of hydrogen-bond acceptors (Lipinski definition) is 4. The van der Waals surface area contributed by atoms with E-state index in [0.717, 1.165) is 35.4 Å². The SMILES string of the molecule is Clc1ccc(CNCCCSc2ncccn2)cc1. The molecule has 0 fully saturated rings. The summed E-state index contributed by atoms with van der Waals surface area (Å²) in [5.41, 5.74) is 1.25. The van der Waals surface area contributed by atoms with Crippen molar-refractivity contribution in [3.8, 4) is 0 Å². The van der Waals surface area contributed by atoms with Gasteiger partial charge in [-0.2, -0.15) is 0 Å². The Balaban J connectivity index is 1.56. The lowest BCUT2D eigenvalue weighted by molar-refractivity contribution is 0.678. The Morgan fingerprint density at radius 2 is 1.84 bits per heavy atom. The van der Waals surface area contributed by atoms with Crippen LogP contribution in [0.15, 0.2) is 47.9 Å². The largest absolute Gasteiger partial charge is 0.313 e. The maximum absolute atomic E-state index is 5.84. The molecule has 0 atom stereocenters. The van der Waals surface area contributed by atoms with Crippen molar-refractivity contribution in [3.63, 3.8) is 0 Å². The fourth-order valence-corrected chi connectivity index (χ4v) is 2.42. The molecule has 19 heavy (non-hydrogen) atoms. The Hall–Kier alpha value is -1.10. The summed E-state index contributed by atoms with van der Waals surface area (Å²) in [5.74, 6) is 1.03. The van der Waals surface area contributed by atoms with Crippen molar-refractivity contribution in [1.29, 1.82) is 0 Å². The molecular weight excluding hydrogens is 278 g/mol. The molecule has 0 bridgehead atoms.